The summed E-state index contributed by atoms with van der Waals surface area (Å²) in [6, 6.07) is 0.232. The van der Waals surface area contributed by atoms with E-state index in [1.807, 2.05) is 20.8 Å². The molecular weight excluding hydrogens is 256 g/mol. The van der Waals surface area contributed by atoms with E-state index in [4.69, 9.17) is 4.74 Å². The molecule has 1 aliphatic heterocycles. The first-order valence-electron chi connectivity index (χ1n) is 7.37. The summed E-state index contributed by atoms with van der Waals surface area (Å²) in [7, 11) is 0. The van der Waals surface area contributed by atoms with Gasteiger partial charge in [-0.2, -0.15) is 5.10 Å². The van der Waals surface area contributed by atoms with Crippen molar-refractivity contribution < 1.29 is 9.84 Å². The van der Waals surface area contributed by atoms with E-state index >= 15 is 0 Å². The number of aromatic nitrogens is 3. The van der Waals surface area contributed by atoms with Crippen LogP contribution in [0.2, 0.25) is 0 Å². The highest BCUT2D eigenvalue weighted by Crippen LogP contribution is 2.28. The molecule has 1 saturated heterocycles. The Morgan fingerprint density at radius 2 is 2.30 bits per heavy atom. The van der Waals surface area contributed by atoms with Gasteiger partial charge in [0.2, 0.25) is 0 Å². The van der Waals surface area contributed by atoms with E-state index in [1.54, 1.807) is 6.33 Å². The molecule has 0 saturated carbocycles. The number of piperidine rings is 1. The monoisotopic (exact) mass is 282 g/mol. The van der Waals surface area contributed by atoms with Gasteiger partial charge in [0.25, 0.3) is 0 Å². The van der Waals surface area contributed by atoms with Gasteiger partial charge < -0.3 is 9.84 Å². The average Bonchev–Trinajstić information content (AvgIpc) is 2.90. The molecule has 0 amide bonds. The molecule has 6 nitrogen and oxygen atoms in total. The first kappa shape index (κ1) is 15.4. The highest BCUT2D eigenvalue weighted by molar-refractivity contribution is 4.95. The Morgan fingerprint density at radius 1 is 1.50 bits per heavy atom. The Kier molecular flexibility index (Phi) is 5.12. The van der Waals surface area contributed by atoms with Crippen molar-refractivity contribution in [2.24, 2.45) is 0 Å². The lowest BCUT2D eigenvalue weighted by Crippen LogP contribution is -2.41. The van der Waals surface area contributed by atoms with Gasteiger partial charge in [0.05, 0.1) is 24.4 Å². The molecule has 2 unspecified atom stereocenters. The van der Waals surface area contributed by atoms with Gasteiger partial charge >= 0.3 is 0 Å². The van der Waals surface area contributed by atoms with E-state index in [0.29, 0.717) is 13.2 Å². The maximum atomic E-state index is 10.2. The molecule has 20 heavy (non-hydrogen) atoms. The van der Waals surface area contributed by atoms with Crippen molar-refractivity contribution in [2.75, 3.05) is 19.7 Å². The Morgan fingerprint density at radius 3 is 2.95 bits per heavy atom. The minimum Gasteiger partial charge on any atom is -0.389 e. The van der Waals surface area contributed by atoms with Crippen LogP contribution in [0.5, 0.6) is 0 Å². The number of aromatic amines is 1. The predicted octanol–water partition coefficient (Wildman–Crippen LogP) is 1.51. The molecule has 0 spiro atoms. The second kappa shape index (κ2) is 6.65. The van der Waals surface area contributed by atoms with Crippen LogP contribution in [0.15, 0.2) is 6.33 Å². The van der Waals surface area contributed by atoms with Crippen molar-refractivity contribution in [2.45, 2.75) is 57.8 Å². The van der Waals surface area contributed by atoms with Crippen LogP contribution in [-0.4, -0.2) is 56.6 Å². The fourth-order valence-corrected chi connectivity index (χ4v) is 2.56. The molecule has 6 heteroatoms. The van der Waals surface area contributed by atoms with Crippen molar-refractivity contribution in [3.63, 3.8) is 0 Å². The molecule has 0 aliphatic carbocycles. The van der Waals surface area contributed by atoms with Gasteiger partial charge in [0.15, 0.2) is 0 Å². The molecule has 0 radical (unpaired) electrons. The summed E-state index contributed by atoms with van der Waals surface area (Å²) in [5.74, 6) is 0.897. The summed E-state index contributed by atoms with van der Waals surface area (Å²) < 4.78 is 5.65. The van der Waals surface area contributed by atoms with Gasteiger partial charge in [0.1, 0.15) is 12.2 Å². The van der Waals surface area contributed by atoms with E-state index in [1.165, 1.54) is 6.42 Å². The van der Waals surface area contributed by atoms with E-state index in [2.05, 4.69) is 20.1 Å². The van der Waals surface area contributed by atoms with E-state index in [-0.39, 0.29) is 11.6 Å². The minimum atomic E-state index is -0.474. The number of likely N-dealkylation sites (tertiary alicyclic amines) is 1. The summed E-state index contributed by atoms with van der Waals surface area (Å²) in [6.07, 6.45) is 4.48. The van der Waals surface area contributed by atoms with Crippen LogP contribution in [0.3, 0.4) is 0 Å². The molecule has 2 rings (SSSR count). The van der Waals surface area contributed by atoms with Crippen LogP contribution in [0.1, 0.15) is 51.9 Å². The van der Waals surface area contributed by atoms with Crippen LogP contribution in [0.25, 0.3) is 0 Å². The highest BCUT2D eigenvalue weighted by atomic mass is 16.5. The number of aliphatic hydroxyl groups excluding tert-OH is 1. The van der Waals surface area contributed by atoms with Crippen LogP contribution in [-0.2, 0) is 4.74 Å². The summed E-state index contributed by atoms with van der Waals surface area (Å²) in [5, 5.41) is 17.0. The third-order valence-corrected chi connectivity index (χ3v) is 3.52. The lowest BCUT2D eigenvalue weighted by molar-refractivity contribution is -0.0613. The molecule has 2 atom stereocenters. The Hall–Kier alpha value is -0.980. The molecule has 1 aromatic heterocycles. The smallest absolute Gasteiger partial charge is 0.141 e. The fraction of sp³-hybridized carbons (Fsp3) is 0.857. The predicted molar refractivity (Wildman–Crippen MR) is 76.3 cm³/mol. The van der Waals surface area contributed by atoms with Crippen molar-refractivity contribution in [3.05, 3.63) is 12.2 Å². The van der Waals surface area contributed by atoms with Gasteiger partial charge in [-0.15, -0.1) is 0 Å². The number of rotatable bonds is 5. The second-order valence-corrected chi connectivity index (χ2v) is 6.45. The van der Waals surface area contributed by atoms with E-state index in [9.17, 15) is 5.11 Å². The summed E-state index contributed by atoms with van der Waals surface area (Å²) in [5.41, 5.74) is -0.215. The number of aliphatic hydroxyl groups is 1. The van der Waals surface area contributed by atoms with Gasteiger partial charge in [-0.05, 0) is 40.2 Å². The maximum Gasteiger partial charge on any atom is 0.141 e. The minimum absolute atomic E-state index is 0.215. The van der Waals surface area contributed by atoms with Gasteiger partial charge in [-0.25, -0.2) is 4.98 Å². The van der Waals surface area contributed by atoms with Crippen LogP contribution < -0.4 is 0 Å². The van der Waals surface area contributed by atoms with Crippen LogP contribution >= 0.6 is 0 Å². The molecule has 1 fully saturated rings. The molecule has 2 heterocycles. The zero-order valence-corrected chi connectivity index (χ0v) is 12.7. The Bertz CT molecular complexity index is 388. The standard InChI is InChI=1S/C14H26N4O2/c1-14(2,3)20-9-11(19)8-18-7-5-4-6-12(18)13-15-10-16-17-13/h10-12,19H,4-9H2,1-3H3,(H,15,16,17). The third-order valence-electron chi connectivity index (χ3n) is 3.52. The SMILES string of the molecule is CC(C)(C)OCC(O)CN1CCCCC1c1ncn[nH]1. The maximum absolute atomic E-state index is 10.2. The van der Waals surface area contributed by atoms with Gasteiger partial charge in [0, 0.05) is 6.54 Å². The zero-order chi connectivity index (χ0) is 14.6. The molecule has 0 aromatic carbocycles. The molecule has 1 aromatic rings. The largest absolute Gasteiger partial charge is 0.389 e. The molecule has 2 N–H and O–H groups in total. The molecule has 114 valence electrons. The Labute approximate surface area is 120 Å². The van der Waals surface area contributed by atoms with Crippen molar-refractivity contribution in [1.29, 1.82) is 0 Å². The van der Waals surface area contributed by atoms with Crippen LogP contribution in [0.4, 0.5) is 0 Å². The van der Waals surface area contributed by atoms with Gasteiger partial charge in [-0.1, -0.05) is 6.42 Å². The number of ether oxygens (including phenoxy) is 1. The number of H-pyrrole nitrogens is 1. The number of nitrogens with one attached hydrogen (secondary N) is 1. The average molecular weight is 282 g/mol. The lowest BCUT2D eigenvalue weighted by atomic mass is 10.0. The van der Waals surface area contributed by atoms with Gasteiger partial charge in [-0.3, -0.25) is 10.00 Å². The van der Waals surface area contributed by atoms with E-state index in [0.717, 1.165) is 25.2 Å². The fourth-order valence-electron chi connectivity index (χ4n) is 2.56. The topological polar surface area (TPSA) is 74.3 Å². The van der Waals surface area contributed by atoms with Crippen LogP contribution in [0, 0.1) is 0 Å². The highest BCUT2D eigenvalue weighted by Gasteiger charge is 2.28. The number of nitrogens with zero attached hydrogens (tertiary/aromatic N) is 3. The molecular formula is C14H26N4O2. The summed E-state index contributed by atoms with van der Waals surface area (Å²) in [4.78, 5) is 6.54. The first-order chi connectivity index (χ1) is 9.46. The normalized spacial score (nSPS) is 22.9. The Balaban J connectivity index is 1.89. The van der Waals surface area contributed by atoms with Crippen molar-refractivity contribution >= 4 is 0 Å². The number of β-amino-alcohol motifs (C(OH)–C–C–N with tert-alkyl or cyclic N) is 1. The number of hydrogen-bond donors (Lipinski definition) is 2. The van der Waals surface area contributed by atoms with E-state index < -0.39 is 6.10 Å². The second-order valence-electron chi connectivity index (χ2n) is 6.45. The zero-order valence-electron chi connectivity index (χ0n) is 12.7. The molecule has 1 aliphatic rings. The van der Waals surface area contributed by atoms with Crippen molar-refractivity contribution in [3.8, 4) is 0 Å². The lowest BCUT2D eigenvalue weighted by Gasteiger charge is -2.35. The van der Waals surface area contributed by atoms with Crippen molar-refractivity contribution in [1.82, 2.24) is 20.1 Å². The quantitative estimate of drug-likeness (QED) is 0.856. The first-order valence-corrected chi connectivity index (χ1v) is 7.37. The third kappa shape index (κ3) is 4.54. The summed E-state index contributed by atoms with van der Waals surface area (Å²) >= 11 is 0. The summed E-state index contributed by atoms with van der Waals surface area (Å²) in [6.45, 7) is 7.95. The number of hydrogen-bond acceptors (Lipinski definition) is 5. The molecule has 0 bridgehead atoms.